The first-order valence-corrected chi connectivity index (χ1v) is 13.2. The van der Waals surface area contributed by atoms with Gasteiger partial charge in [0.15, 0.2) is 0 Å². The predicted octanol–water partition coefficient (Wildman–Crippen LogP) is 4.80. The minimum atomic E-state index is -3.58. The number of hydrogen-bond donors (Lipinski definition) is 1. The molecule has 4 aromatic rings. The van der Waals surface area contributed by atoms with Gasteiger partial charge in [-0.3, -0.25) is 4.79 Å². The van der Waals surface area contributed by atoms with Gasteiger partial charge in [-0.25, -0.2) is 8.42 Å². The van der Waals surface area contributed by atoms with E-state index in [0.29, 0.717) is 29.4 Å². The molecule has 5 rings (SSSR count). The lowest BCUT2D eigenvalue weighted by molar-refractivity contribution is -0.126. The molecule has 2 aromatic carbocycles. The first-order valence-electron chi connectivity index (χ1n) is 10.9. The number of furan rings is 1. The van der Waals surface area contributed by atoms with E-state index in [1.807, 2.05) is 60.7 Å². The van der Waals surface area contributed by atoms with Crippen LogP contribution in [0.1, 0.15) is 30.2 Å². The van der Waals surface area contributed by atoms with Crippen molar-refractivity contribution in [2.75, 3.05) is 13.1 Å². The standard InChI is InChI=1S/C25H24N2O4S2/c28-25(20-11-6-14-27(17-20)33(29,30)23-13-7-15-32-23)26-24(18-8-2-1-3-9-18)22-16-19-10-4-5-12-21(19)31-22/h1-5,7-10,12-13,15-16,20,24H,6,11,14,17H2,(H,26,28). The summed E-state index contributed by atoms with van der Waals surface area (Å²) in [4.78, 5) is 13.4. The van der Waals surface area contributed by atoms with Crippen molar-refractivity contribution in [3.63, 3.8) is 0 Å². The zero-order valence-corrected chi connectivity index (χ0v) is 19.5. The Morgan fingerprint density at radius 1 is 1.06 bits per heavy atom. The number of hydrogen-bond acceptors (Lipinski definition) is 5. The van der Waals surface area contributed by atoms with Crippen LogP contribution in [0, 0.1) is 5.92 Å². The first kappa shape index (κ1) is 21.9. The van der Waals surface area contributed by atoms with Crippen LogP contribution in [0.25, 0.3) is 11.0 Å². The minimum absolute atomic E-state index is 0.171. The topological polar surface area (TPSA) is 79.6 Å². The van der Waals surface area contributed by atoms with Crippen LogP contribution in [0.3, 0.4) is 0 Å². The van der Waals surface area contributed by atoms with Crippen LogP contribution in [-0.4, -0.2) is 31.7 Å². The van der Waals surface area contributed by atoms with Crippen LogP contribution >= 0.6 is 11.3 Å². The van der Waals surface area contributed by atoms with E-state index in [4.69, 9.17) is 4.42 Å². The van der Waals surface area contributed by atoms with Gasteiger partial charge in [0.2, 0.25) is 5.91 Å². The highest BCUT2D eigenvalue weighted by Gasteiger charge is 2.35. The average molecular weight is 481 g/mol. The molecule has 1 saturated heterocycles. The summed E-state index contributed by atoms with van der Waals surface area (Å²) >= 11 is 1.20. The summed E-state index contributed by atoms with van der Waals surface area (Å²) in [7, 11) is -3.58. The second-order valence-electron chi connectivity index (χ2n) is 8.17. The highest BCUT2D eigenvalue weighted by atomic mass is 32.2. The molecule has 1 aliphatic rings. The van der Waals surface area contributed by atoms with Crippen molar-refractivity contribution in [2.45, 2.75) is 23.1 Å². The summed E-state index contributed by atoms with van der Waals surface area (Å²) in [6.07, 6.45) is 1.28. The Morgan fingerprint density at radius 3 is 2.61 bits per heavy atom. The van der Waals surface area contributed by atoms with E-state index in [2.05, 4.69) is 5.32 Å². The van der Waals surface area contributed by atoms with E-state index < -0.39 is 22.0 Å². The largest absolute Gasteiger partial charge is 0.459 e. The fourth-order valence-corrected chi connectivity index (χ4v) is 6.95. The highest BCUT2D eigenvalue weighted by Crippen LogP contribution is 2.30. The number of rotatable bonds is 6. The van der Waals surface area contributed by atoms with Crippen LogP contribution in [0.5, 0.6) is 0 Å². The van der Waals surface area contributed by atoms with Crippen LogP contribution in [0.2, 0.25) is 0 Å². The molecule has 1 aliphatic heterocycles. The van der Waals surface area contributed by atoms with E-state index in [1.54, 1.807) is 17.5 Å². The van der Waals surface area contributed by atoms with Crippen molar-refractivity contribution in [3.05, 3.63) is 89.5 Å². The number of benzene rings is 2. The van der Waals surface area contributed by atoms with Gasteiger partial charge in [-0.15, -0.1) is 11.3 Å². The molecule has 0 saturated carbocycles. The molecular formula is C25H24N2O4S2. The van der Waals surface area contributed by atoms with E-state index in [0.717, 1.165) is 16.5 Å². The van der Waals surface area contributed by atoms with E-state index >= 15 is 0 Å². The van der Waals surface area contributed by atoms with Crippen LogP contribution in [-0.2, 0) is 14.8 Å². The molecule has 0 radical (unpaired) electrons. The molecule has 1 amide bonds. The molecule has 2 aromatic heterocycles. The van der Waals surface area contributed by atoms with Gasteiger partial charge in [0.1, 0.15) is 21.6 Å². The van der Waals surface area contributed by atoms with Crippen LogP contribution in [0.15, 0.2) is 86.8 Å². The number of nitrogens with one attached hydrogen (secondary N) is 1. The molecule has 0 bridgehead atoms. The average Bonchev–Trinajstić information content (AvgIpc) is 3.53. The van der Waals surface area contributed by atoms with Gasteiger partial charge in [0.25, 0.3) is 10.0 Å². The minimum Gasteiger partial charge on any atom is -0.459 e. The van der Waals surface area contributed by atoms with Crippen LogP contribution < -0.4 is 5.32 Å². The Balaban J connectivity index is 1.39. The number of piperidine rings is 1. The van der Waals surface area contributed by atoms with Crippen molar-refractivity contribution in [2.24, 2.45) is 5.92 Å². The molecule has 6 nitrogen and oxygen atoms in total. The Labute approximate surface area is 196 Å². The molecule has 3 heterocycles. The number of thiophene rings is 1. The van der Waals surface area contributed by atoms with Gasteiger partial charge < -0.3 is 9.73 Å². The summed E-state index contributed by atoms with van der Waals surface area (Å²) in [5.74, 6) is 0.0501. The van der Waals surface area contributed by atoms with Gasteiger partial charge >= 0.3 is 0 Å². The number of fused-ring (bicyclic) bond motifs is 1. The van der Waals surface area contributed by atoms with Crippen molar-refractivity contribution >= 4 is 38.2 Å². The normalized spacial score (nSPS) is 18.2. The lowest BCUT2D eigenvalue weighted by Crippen LogP contribution is -2.46. The SMILES string of the molecule is O=C(NC(c1ccccc1)c1cc2ccccc2o1)C1CCCN(S(=O)(=O)c2cccs2)C1. The van der Waals surface area contributed by atoms with Gasteiger partial charge in [0.05, 0.1) is 5.92 Å². The summed E-state index contributed by atoms with van der Waals surface area (Å²) in [6.45, 7) is 0.601. The fraction of sp³-hybridized carbons (Fsp3) is 0.240. The summed E-state index contributed by atoms with van der Waals surface area (Å²) in [5.41, 5.74) is 1.66. The van der Waals surface area contributed by atoms with Gasteiger partial charge in [0, 0.05) is 18.5 Å². The smallest absolute Gasteiger partial charge is 0.252 e. The Bertz CT molecular complexity index is 1310. The molecule has 170 valence electrons. The summed E-state index contributed by atoms with van der Waals surface area (Å²) in [6, 6.07) is 22.2. The van der Waals surface area contributed by atoms with E-state index in [1.165, 1.54) is 15.6 Å². The molecule has 1 fully saturated rings. The zero-order chi connectivity index (χ0) is 22.8. The maximum atomic E-state index is 13.4. The van der Waals surface area contributed by atoms with E-state index in [-0.39, 0.29) is 12.5 Å². The Hall–Kier alpha value is -2.94. The Morgan fingerprint density at radius 2 is 1.85 bits per heavy atom. The monoisotopic (exact) mass is 480 g/mol. The molecule has 8 heteroatoms. The number of sulfonamides is 1. The number of amides is 1. The van der Waals surface area contributed by atoms with Crippen LogP contribution in [0.4, 0.5) is 0 Å². The second-order valence-corrected chi connectivity index (χ2v) is 11.3. The van der Waals surface area contributed by atoms with Crippen molar-refractivity contribution in [1.82, 2.24) is 9.62 Å². The third kappa shape index (κ3) is 4.46. The quantitative estimate of drug-likeness (QED) is 0.430. The predicted molar refractivity (Wildman–Crippen MR) is 128 cm³/mol. The lowest BCUT2D eigenvalue weighted by atomic mass is 9.97. The van der Waals surface area contributed by atoms with Crippen molar-refractivity contribution in [3.8, 4) is 0 Å². The molecule has 2 unspecified atom stereocenters. The first-order chi connectivity index (χ1) is 16.0. The molecular weight excluding hydrogens is 456 g/mol. The number of carbonyl (C=O) groups is 1. The second kappa shape index (κ2) is 9.13. The molecule has 1 N–H and O–H groups in total. The zero-order valence-electron chi connectivity index (χ0n) is 17.9. The number of nitrogens with zero attached hydrogens (tertiary/aromatic N) is 1. The van der Waals surface area contributed by atoms with E-state index in [9.17, 15) is 13.2 Å². The van der Waals surface area contributed by atoms with Gasteiger partial charge in [-0.05, 0) is 42.0 Å². The Kier molecular flexibility index (Phi) is 6.05. The summed E-state index contributed by atoms with van der Waals surface area (Å²) in [5, 5.41) is 5.85. The van der Waals surface area contributed by atoms with Crippen molar-refractivity contribution in [1.29, 1.82) is 0 Å². The summed E-state index contributed by atoms with van der Waals surface area (Å²) < 4.78 is 33.8. The maximum Gasteiger partial charge on any atom is 0.252 e. The van der Waals surface area contributed by atoms with Gasteiger partial charge in [-0.2, -0.15) is 4.31 Å². The fourth-order valence-electron chi connectivity index (χ4n) is 4.28. The molecule has 2 atom stereocenters. The van der Waals surface area contributed by atoms with Gasteiger partial charge in [-0.1, -0.05) is 54.6 Å². The molecule has 0 spiro atoms. The maximum absolute atomic E-state index is 13.4. The highest BCUT2D eigenvalue weighted by molar-refractivity contribution is 7.91. The number of para-hydroxylation sites is 1. The molecule has 33 heavy (non-hydrogen) atoms. The number of carbonyl (C=O) groups excluding carboxylic acids is 1. The third-order valence-electron chi connectivity index (χ3n) is 5.99. The molecule has 0 aliphatic carbocycles. The van der Waals surface area contributed by atoms with Crippen molar-refractivity contribution < 1.29 is 17.6 Å². The third-order valence-corrected chi connectivity index (χ3v) is 9.23. The lowest BCUT2D eigenvalue weighted by Gasteiger charge is -2.31.